The lowest BCUT2D eigenvalue weighted by Gasteiger charge is -2.07. The molecular weight excluding hydrogens is 288 g/mol. The quantitative estimate of drug-likeness (QED) is 0.842. The van der Waals surface area contributed by atoms with Crippen molar-refractivity contribution in [3.05, 3.63) is 53.2 Å². The van der Waals surface area contributed by atoms with Gasteiger partial charge >= 0.3 is 0 Å². The second kappa shape index (κ2) is 7.67. The first-order valence-electron chi connectivity index (χ1n) is 6.72. The molecule has 1 heterocycles. The lowest BCUT2D eigenvalue weighted by molar-refractivity contribution is 0.551. The SMILES string of the molecule is CC(C)CNCc1ccc(Sc2ccc(Cl)cc2)nc1. The molecule has 106 valence electrons. The first-order valence-corrected chi connectivity index (χ1v) is 7.92. The second-order valence-corrected chi connectivity index (χ2v) is 6.62. The number of rotatable bonds is 6. The average Bonchev–Trinajstić information content (AvgIpc) is 2.43. The highest BCUT2D eigenvalue weighted by atomic mass is 35.5. The minimum absolute atomic E-state index is 0.669. The highest BCUT2D eigenvalue weighted by Gasteiger charge is 2.00. The topological polar surface area (TPSA) is 24.9 Å². The van der Waals surface area contributed by atoms with Crippen LogP contribution in [0.5, 0.6) is 0 Å². The molecule has 2 aromatic rings. The van der Waals surface area contributed by atoms with E-state index in [0.717, 1.165) is 28.0 Å². The van der Waals surface area contributed by atoms with Gasteiger partial charge in [0.25, 0.3) is 0 Å². The molecule has 0 radical (unpaired) electrons. The number of pyridine rings is 1. The molecule has 0 atom stereocenters. The van der Waals surface area contributed by atoms with Crippen molar-refractivity contribution in [2.45, 2.75) is 30.3 Å². The van der Waals surface area contributed by atoms with Crippen LogP contribution >= 0.6 is 23.4 Å². The summed E-state index contributed by atoms with van der Waals surface area (Å²) in [4.78, 5) is 5.63. The molecule has 0 saturated carbocycles. The van der Waals surface area contributed by atoms with Gasteiger partial charge in [-0.3, -0.25) is 0 Å². The molecule has 1 aromatic carbocycles. The van der Waals surface area contributed by atoms with Crippen LogP contribution in [0, 0.1) is 5.92 Å². The fourth-order valence-electron chi connectivity index (χ4n) is 1.70. The number of nitrogens with zero attached hydrogens (tertiary/aromatic N) is 1. The predicted octanol–water partition coefficient (Wildman–Crippen LogP) is 4.63. The molecule has 1 aromatic heterocycles. The third-order valence-electron chi connectivity index (χ3n) is 2.72. The van der Waals surface area contributed by atoms with Gasteiger partial charge in [0.05, 0.1) is 0 Å². The monoisotopic (exact) mass is 306 g/mol. The summed E-state index contributed by atoms with van der Waals surface area (Å²) in [7, 11) is 0. The molecule has 0 saturated heterocycles. The third kappa shape index (κ3) is 5.16. The van der Waals surface area contributed by atoms with E-state index in [1.165, 1.54) is 5.56 Å². The predicted molar refractivity (Wildman–Crippen MR) is 86.4 cm³/mol. The van der Waals surface area contributed by atoms with Gasteiger partial charge in [-0.2, -0.15) is 0 Å². The fraction of sp³-hybridized carbons (Fsp3) is 0.312. The first-order chi connectivity index (χ1) is 9.63. The van der Waals surface area contributed by atoms with E-state index in [2.05, 4.69) is 36.3 Å². The molecule has 0 amide bonds. The van der Waals surface area contributed by atoms with E-state index in [9.17, 15) is 0 Å². The van der Waals surface area contributed by atoms with E-state index in [0.29, 0.717) is 5.92 Å². The number of aromatic nitrogens is 1. The summed E-state index contributed by atoms with van der Waals surface area (Å²) in [5, 5.41) is 5.17. The molecule has 0 bridgehead atoms. The van der Waals surface area contributed by atoms with Gasteiger partial charge in [-0.1, -0.05) is 43.3 Å². The van der Waals surface area contributed by atoms with Crippen LogP contribution in [0.3, 0.4) is 0 Å². The van der Waals surface area contributed by atoms with E-state index in [4.69, 9.17) is 11.6 Å². The largest absolute Gasteiger partial charge is 0.312 e. The lowest BCUT2D eigenvalue weighted by Crippen LogP contribution is -2.18. The van der Waals surface area contributed by atoms with Crippen LogP contribution < -0.4 is 5.32 Å². The first kappa shape index (κ1) is 15.4. The number of halogens is 1. The summed E-state index contributed by atoms with van der Waals surface area (Å²) >= 11 is 7.52. The molecule has 1 N–H and O–H groups in total. The molecule has 0 aliphatic heterocycles. The zero-order valence-electron chi connectivity index (χ0n) is 11.8. The normalized spacial score (nSPS) is 11.0. The van der Waals surface area contributed by atoms with Crippen molar-refractivity contribution in [3.63, 3.8) is 0 Å². The zero-order valence-corrected chi connectivity index (χ0v) is 13.3. The summed E-state index contributed by atoms with van der Waals surface area (Å²) in [5.41, 5.74) is 1.21. The molecule has 0 aliphatic carbocycles. The lowest BCUT2D eigenvalue weighted by atomic mass is 10.2. The summed E-state index contributed by atoms with van der Waals surface area (Å²) in [6.07, 6.45) is 1.94. The van der Waals surface area contributed by atoms with Crippen molar-refractivity contribution >= 4 is 23.4 Å². The van der Waals surface area contributed by atoms with E-state index >= 15 is 0 Å². The Hall–Kier alpha value is -1.03. The maximum atomic E-state index is 5.87. The molecule has 0 spiro atoms. The van der Waals surface area contributed by atoms with Crippen molar-refractivity contribution in [2.24, 2.45) is 5.92 Å². The van der Waals surface area contributed by atoms with Crippen molar-refractivity contribution in [1.82, 2.24) is 10.3 Å². The second-order valence-electron chi connectivity index (χ2n) is 5.09. The Bertz CT molecular complexity index is 523. The molecule has 20 heavy (non-hydrogen) atoms. The van der Waals surface area contributed by atoms with Gasteiger partial charge in [0.2, 0.25) is 0 Å². The smallest absolute Gasteiger partial charge is 0.101 e. The van der Waals surface area contributed by atoms with Crippen molar-refractivity contribution in [3.8, 4) is 0 Å². The van der Waals surface area contributed by atoms with Crippen molar-refractivity contribution in [1.29, 1.82) is 0 Å². The van der Waals surface area contributed by atoms with Gasteiger partial charge in [0.15, 0.2) is 0 Å². The Kier molecular flexibility index (Phi) is 5.89. The summed E-state index contributed by atoms with van der Waals surface area (Å²) < 4.78 is 0. The molecule has 2 rings (SSSR count). The number of hydrogen-bond donors (Lipinski definition) is 1. The number of benzene rings is 1. The van der Waals surface area contributed by atoms with Crippen molar-refractivity contribution in [2.75, 3.05) is 6.54 Å². The van der Waals surface area contributed by atoms with E-state index in [1.807, 2.05) is 30.5 Å². The van der Waals surface area contributed by atoms with Gasteiger partial charge < -0.3 is 5.32 Å². The van der Waals surface area contributed by atoms with Gasteiger partial charge in [-0.25, -0.2) is 4.98 Å². The number of nitrogens with one attached hydrogen (secondary N) is 1. The Morgan fingerprint density at radius 1 is 1.15 bits per heavy atom. The Balaban J connectivity index is 1.89. The minimum atomic E-state index is 0.669. The molecule has 4 heteroatoms. The van der Waals surface area contributed by atoms with Crippen LogP contribution in [0.15, 0.2) is 52.5 Å². The molecule has 0 aliphatic rings. The number of hydrogen-bond acceptors (Lipinski definition) is 3. The van der Waals surface area contributed by atoms with E-state index < -0.39 is 0 Å². The van der Waals surface area contributed by atoms with Gasteiger partial charge in [0.1, 0.15) is 5.03 Å². The average molecular weight is 307 g/mol. The maximum absolute atomic E-state index is 5.87. The summed E-state index contributed by atoms with van der Waals surface area (Å²) in [5.74, 6) is 0.669. The Morgan fingerprint density at radius 2 is 1.90 bits per heavy atom. The zero-order chi connectivity index (χ0) is 14.4. The maximum Gasteiger partial charge on any atom is 0.101 e. The third-order valence-corrected chi connectivity index (χ3v) is 3.93. The Morgan fingerprint density at radius 3 is 2.50 bits per heavy atom. The van der Waals surface area contributed by atoms with Crippen LogP contribution in [0.2, 0.25) is 5.02 Å². The molecule has 0 unspecified atom stereocenters. The van der Waals surface area contributed by atoms with Crippen LogP contribution in [0.25, 0.3) is 0 Å². The highest BCUT2D eigenvalue weighted by Crippen LogP contribution is 2.26. The molecule has 2 nitrogen and oxygen atoms in total. The van der Waals surface area contributed by atoms with Crippen LogP contribution in [-0.2, 0) is 6.54 Å². The minimum Gasteiger partial charge on any atom is -0.312 e. The molecule has 0 fully saturated rings. The standard InChI is InChI=1S/C16H19ClN2S/c1-12(2)9-18-10-13-3-8-16(19-11-13)20-15-6-4-14(17)5-7-15/h3-8,11-12,18H,9-10H2,1-2H3. The summed E-state index contributed by atoms with van der Waals surface area (Å²) in [6, 6.07) is 12.0. The van der Waals surface area contributed by atoms with E-state index in [1.54, 1.807) is 11.8 Å². The van der Waals surface area contributed by atoms with Crippen LogP contribution in [0.1, 0.15) is 19.4 Å². The van der Waals surface area contributed by atoms with Gasteiger partial charge in [0, 0.05) is 22.7 Å². The summed E-state index contributed by atoms with van der Waals surface area (Å²) in [6.45, 7) is 6.31. The van der Waals surface area contributed by atoms with Gasteiger partial charge in [-0.05, 0) is 48.4 Å². The highest BCUT2D eigenvalue weighted by molar-refractivity contribution is 7.99. The van der Waals surface area contributed by atoms with Gasteiger partial charge in [-0.15, -0.1) is 0 Å². The van der Waals surface area contributed by atoms with Crippen molar-refractivity contribution < 1.29 is 0 Å². The van der Waals surface area contributed by atoms with E-state index in [-0.39, 0.29) is 0 Å². The van der Waals surface area contributed by atoms with Crippen LogP contribution in [-0.4, -0.2) is 11.5 Å². The fourth-order valence-corrected chi connectivity index (χ4v) is 2.59. The van der Waals surface area contributed by atoms with Crippen LogP contribution in [0.4, 0.5) is 0 Å². The Labute approximate surface area is 130 Å². The molecular formula is C16H19ClN2S.